The maximum atomic E-state index is 12.3. The molecule has 5 nitrogen and oxygen atoms in total. The minimum atomic E-state index is -0.843. The van der Waals surface area contributed by atoms with Crippen molar-refractivity contribution in [1.82, 2.24) is 10.3 Å². The topological polar surface area (TPSA) is 82.2 Å². The van der Waals surface area contributed by atoms with Gasteiger partial charge in [0.05, 0.1) is 5.60 Å². The van der Waals surface area contributed by atoms with Gasteiger partial charge in [0.2, 0.25) is 0 Å². The van der Waals surface area contributed by atoms with Gasteiger partial charge in [-0.2, -0.15) is 0 Å². The second-order valence-electron chi connectivity index (χ2n) is 6.45. The summed E-state index contributed by atoms with van der Waals surface area (Å²) in [5, 5.41) is 13.1. The number of carbonyl (C=O) groups excluding carboxylic acids is 1. The van der Waals surface area contributed by atoms with Crippen molar-refractivity contribution in [3.63, 3.8) is 0 Å². The first kappa shape index (κ1) is 16.5. The number of aliphatic hydroxyl groups is 1. The van der Waals surface area contributed by atoms with Gasteiger partial charge in [-0.05, 0) is 30.5 Å². The molecule has 1 fully saturated rings. The van der Waals surface area contributed by atoms with Crippen LogP contribution in [0.1, 0.15) is 42.5 Å². The van der Waals surface area contributed by atoms with Crippen LogP contribution < -0.4 is 10.9 Å². The molecule has 3 rings (SSSR count). The number of hydrogen-bond donors (Lipinski definition) is 3. The Morgan fingerprint density at radius 2 is 1.79 bits per heavy atom. The maximum Gasteiger partial charge on any atom is 0.261 e. The highest BCUT2D eigenvalue weighted by molar-refractivity contribution is 5.94. The Kier molecular flexibility index (Phi) is 4.81. The third-order valence-corrected chi connectivity index (χ3v) is 4.60. The highest BCUT2D eigenvalue weighted by atomic mass is 16.3. The summed E-state index contributed by atoms with van der Waals surface area (Å²) in [6.07, 6.45) is 4.45. The highest BCUT2D eigenvalue weighted by Gasteiger charge is 2.29. The molecule has 1 heterocycles. The van der Waals surface area contributed by atoms with Crippen molar-refractivity contribution in [2.45, 2.75) is 37.7 Å². The van der Waals surface area contributed by atoms with Crippen molar-refractivity contribution in [1.29, 1.82) is 0 Å². The van der Waals surface area contributed by atoms with Crippen molar-refractivity contribution in [2.75, 3.05) is 6.54 Å². The molecule has 5 heteroatoms. The Hall–Kier alpha value is -2.40. The fourth-order valence-electron chi connectivity index (χ4n) is 3.17. The van der Waals surface area contributed by atoms with E-state index in [1.165, 1.54) is 6.07 Å². The fourth-order valence-corrected chi connectivity index (χ4v) is 3.17. The number of hydrogen-bond acceptors (Lipinski definition) is 3. The number of aromatic amines is 1. The molecule has 1 saturated carbocycles. The van der Waals surface area contributed by atoms with Crippen LogP contribution in [0, 0.1) is 0 Å². The summed E-state index contributed by atoms with van der Waals surface area (Å²) >= 11 is 0. The number of pyridine rings is 1. The SMILES string of the molecule is O=C(NCC1(O)CCCCC1)c1ccc(-c2ccccc2)[nH]c1=O. The molecule has 0 aliphatic heterocycles. The molecule has 0 unspecified atom stereocenters. The minimum Gasteiger partial charge on any atom is -0.388 e. The number of nitrogens with one attached hydrogen (secondary N) is 2. The van der Waals surface area contributed by atoms with E-state index in [0.717, 1.165) is 24.8 Å². The average Bonchev–Trinajstić information content (AvgIpc) is 2.61. The van der Waals surface area contributed by atoms with Gasteiger partial charge in [-0.25, -0.2) is 0 Å². The Balaban J connectivity index is 1.70. The molecule has 0 radical (unpaired) electrons. The Labute approximate surface area is 140 Å². The molecule has 1 amide bonds. The van der Waals surface area contributed by atoms with Crippen LogP contribution in [0.15, 0.2) is 47.3 Å². The molecule has 2 aromatic rings. The molecule has 1 aromatic heterocycles. The summed E-state index contributed by atoms with van der Waals surface area (Å²) < 4.78 is 0. The zero-order chi connectivity index (χ0) is 17.0. The Morgan fingerprint density at radius 3 is 2.46 bits per heavy atom. The number of amides is 1. The van der Waals surface area contributed by atoms with Gasteiger partial charge in [-0.3, -0.25) is 9.59 Å². The van der Waals surface area contributed by atoms with Crippen LogP contribution in [0.25, 0.3) is 11.3 Å². The zero-order valence-corrected chi connectivity index (χ0v) is 13.5. The van der Waals surface area contributed by atoms with E-state index in [2.05, 4.69) is 10.3 Å². The average molecular weight is 326 g/mol. The van der Waals surface area contributed by atoms with Crippen LogP contribution in [0.2, 0.25) is 0 Å². The molecular formula is C19H22N2O3. The molecule has 0 saturated heterocycles. The maximum absolute atomic E-state index is 12.3. The largest absolute Gasteiger partial charge is 0.388 e. The molecule has 126 valence electrons. The number of H-pyrrole nitrogens is 1. The lowest BCUT2D eigenvalue weighted by atomic mass is 9.85. The van der Waals surface area contributed by atoms with Crippen molar-refractivity contribution in [3.05, 3.63) is 58.4 Å². The Morgan fingerprint density at radius 1 is 1.08 bits per heavy atom. The van der Waals surface area contributed by atoms with Crippen LogP contribution in [-0.2, 0) is 0 Å². The standard InChI is InChI=1S/C19H22N2O3/c22-17(20-13-19(24)11-5-2-6-12-19)15-9-10-16(21-18(15)23)14-7-3-1-4-8-14/h1,3-4,7-10,24H,2,5-6,11-13H2,(H,20,22)(H,21,23). The third kappa shape index (κ3) is 3.74. The van der Waals surface area contributed by atoms with Gasteiger partial charge in [0.1, 0.15) is 5.56 Å². The quantitative estimate of drug-likeness (QED) is 0.807. The summed E-state index contributed by atoms with van der Waals surface area (Å²) in [6.45, 7) is 0.186. The van der Waals surface area contributed by atoms with Crippen LogP contribution >= 0.6 is 0 Å². The molecule has 1 aliphatic rings. The lowest BCUT2D eigenvalue weighted by Gasteiger charge is -2.32. The number of rotatable bonds is 4. The van der Waals surface area contributed by atoms with Gasteiger partial charge in [0.25, 0.3) is 11.5 Å². The van der Waals surface area contributed by atoms with E-state index >= 15 is 0 Å². The monoisotopic (exact) mass is 326 g/mol. The minimum absolute atomic E-state index is 0.0640. The van der Waals surface area contributed by atoms with Crippen LogP contribution in [-0.4, -0.2) is 28.1 Å². The summed E-state index contributed by atoms with van der Waals surface area (Å²) in [7, 11) is 0. The van der Waals surface area contributed by atoms with Crippen molar-refractivity contribution >= 4 is 5.91 Å². The molecule has 0 spiro atoms. The van der Waals surface area contributed by atoms with Crippen LogP contribution in [0.5, 0.6) is 0 Å². The first-order valence-electron chi connectivity index (χ1n) is 8.37. The first-order valence-corrected chi connectivity index (χ1v) is 8.37. The fraction of sp³-hybridized carbons (Fsp3) is 0.368. The predicted molar refractivity (Wildman–Crippen MR) is 92.9 cm³/mol. The summed E-state index contributed by atoms with van der Waals surface area (Å²) in [4.78, 5) is 27.2. The van der Waals surface area contributed by atoms with Gasteiger partial charge >= 0.3 is 0 Å². The van der Waals surface area contributed by atoms with E-state index in [9.17, 15) is 14.7 Å². The van der Waals surface area contributed by atoms with Gasteiger partial charge in [-0.1, -0.05) is 49.6 Å². The first-order chi connectivity index (χ1) is 11.6. The van der Waals surface area contributed by atoms with E-state index in [0.29, 0.717) is 18.5 Å². The lowest BCUT2D eigenvalue weighted by Crippen LogP contribution is -2.45. The third-order valence-electron chi connectivity index (χ3n) is 4.60. The molecule has 1 aliphatic carbocycles. The second-order valence-corrected chi connectivity index (χ2v) is 6.45. The van der Waals surface area contributed by atoms with Crippen LogP contribution in [0.4, 0.5) is 0 Å². The van der Waals surface area contributed by atoms with Gasteiger partial charge < -0.3 is 15.4 Å². The summed E-state index contributed by atoms with van der Waals surface area (Å²) in [5.41, 5.74) is 0.352. The van der Waals surface area contributed by atoms with E-state index < -0.39 is 17.1 Å². The number of benzene rings is 1. The van der Waals surface area contributed by atoms with Crippen molar-refractivity contribution in [2.24, 2.45) is 0 Å². The molecule has 3 N–H and O–H groups in total. The highest BCUT2D eigenvalue weighted by Crippen LogP contribution is 2.27. The molecule has 0 atom stereocenters. The normalized spacial score (nSPS) is 16.5. The summed E-state index contributed by atoms with van der Waals surface area (Å²) in [6, 6.07) is 12.7. The van der Waals surface area contributed by atoms with E-state index in [1.54, 1.807) is 6.07 Å². The molecule has 24 heavy (non-hydrogen) atoms. The summed E-state index contributed by atoms with van der Waals surface area (Å²) in [5.74, 6) is -0.449. The van der Waals surface area contributed by atoms with E-state index in [-0.39, 0.29) is 12.1 Å². The molecule has 1 aromatic carbocycles. The van der Waals surface area contributed by atoms with Gasteiger partial charge in [0, 0.05) is 12.2 Å². The van der Waals surface area contributed by atoms with Crippen LogP contribution in [0.3, 0.4) is 0 Å². The zero-order valence-electron chi connectivity index (χ0n) is 13.5. The number of aromatic nitrogens is 1. The van der Waals surface area contributed by atoms with E-state index in [4.69, 9.17) is 0 Å². The molecule has 0 bridgehead atoms. The number of carbonyl (C=O) groups is 1. The Bertz CT molecular complexity index is 762. The van der Waals surface area contributed by atoms with Gasteiger partial charge in [0.15, 0.2) is 0 Å². The van der Waals surface area contributed by atoms with Gasteiger partial charge in [-0.15, -0.1) is 0 Å². The van der Waals surface area contributed by atoms with Crippen molar-refractivity contribution in [3.8, 4) is 11.3 Å². The predicted octanol–water partition coefficient (Wildman–Crippen LogP) is 2.47. The lowest BCUT2D eigenvalue weighted by molar-refractivity contribution is 0.00524. The van der Waals surface area contributed by atoms with E-state index in [1.807, 2.05) is 30.3 Å². The molecular weight excluding hydrogens is 304 g/mol. The second kappa shape index (κ2) is 7.01. The smallest absolute Gasteiger partial charge is 0.261 e. The van der Waals surface area contributed by atoms with Crippen molar-refractivity contribution < 1.29 is 9.90 Å².